The summed E-state index contributed by atoms with van der Waals surface area (Å²) in [5.74, 6) is 0.936. The number of ether oxygens (including phenoxy) is 1. The van der Waals surface area contributed by atoms with Gasteiger partial charge < -0.3 is 10.5 Å². The largest absolute Gasteiger partial charge is 0.471 e. The summed E-state index contributed by atoms with van der Waals surface area (Å²) in [6, 6.07) is 0. The lowest BCUT2D eigenvalue weighted by molar-refractivity contribution is -0.386. The molecular weight excluding hydrogens is 248 g/mol. The minimum Gasteiger partial charge on any atom is -0.471 e. The molecule has 2 rings (SSSR count). The van der Waals surface area contributed by atoms with E-state index in [0.29, 0.717) is 25.0 Å². The molecule has 1 saturated carbocycles. The minimum atomic E-state index is -0.469. The molecule has 1 aliphatic carbocycles. The van der Waals surface area contributed by atoms with Crippen molar-refractivity contribution in [3.8, 4) is 5.88 Å². The van der Waals surface area contributed by atoms with Crippen LogP contribution in [0.2, 0.25) is 0 Å². The molecule has 2 N–H and O–H groups in total. The zero-order valence-corrected chi connectivity index (χ0v) is 11.1. The molecule has 1 aliphatic rings. The second kappa shape index (κ2) is 6.01. The maximum absolute atomic E-state index is 10.9. The Morgan fingerprint density at radius 2 is 2.21 bits per heavy atom. The molecule has 1 fully saturated rings. The maximum Gasteiger partial charge on any atom is 0.350 e. The van der Waals surface area contributed by atoms with Gasteiger partial charge in [-0.15, -0.1) is 5.10 Å². The Balaban J connectivity index is 1.99. The third-order valence-electron chi connectivity index (χ3n) is 3.78. The van der Waals surface area contributed by atoms with Crippen molar-refractivity contribution >= 4 is 5.69 Å². The lowest BCUT2D eigenvalue weighted by atomic mass is 9.80. The molecule has 1 heterocycles. The molecule has 19 heavy (non-hydrogen) atoms. The number of nitrogens with zero attached hydrogens (tertiary/aromatic N) is 3. The van der Waals surface area contributed by atoms with E-state index in [2.05, 4.69) is 5.10 Å². The van der Waals surface area contributed by atoms with Gasteiger partial charge in [-0.05, 0) is 31.2 Å². The van der Waals surface area contributed by atoms with Gasteiger partial charge in [0.2, 0.25) is 0 Å². The Labute approximate surface area is 111 Å². The monoisotopic (exact) mass is 268 g/mol. The van der Waals surface area contributed by atoms with Gasteiger partial charge in [0.05, 0.1) is 11.5 Å². The molecule has 7 heteroatoms. The molecule has 7 nitrogen and oxygen atoms in total. The van der Waals surface area contributed by atoms with E-state index in [1.165, 1.54) is 23.7 Å². The maximum atomic E-state index is 10.9. The highest BCUT2D eigenvalue weighted by Gasteiger charge is 2.27. The van der Waals surface area contributed by atoms with Crippen molar-refractivity contribution in [1.29, 1.82) is 0 Å². The number of rotatable bonds is 5. The van der Waals surface area contributed by atoms with Crippen LogP contribution in [0.25, 0.3) is 0 Å². The van der Waals surface area contributed by atoms with E-state index in [1.807, 2.05) is 0 Å². The fraction of sp³-hybridized carbons (Fsp3) is 0.750. The van der Waals surface area contributed by atoms with Crippen LogP contribution in [0.5, 0.6) is 5.88 Å². The van der Waals surface area contributed by atoms with Gasteiger partial charge in [-0.2, -0.15) is 0 Å². The minimum absolute atomic E-state index is 0.0809. The average molecular weight is 268 g/mol. The van der Waals surface area contributed by atoms with Crippen LogP contribution in [-0.4, -0.2) is 27.9 Å². The SMILES string of the molecule is Cn1cc([N+](=O)[O-])c(OCC2CCCCC2CN)n1. The quantitative estimate of drug-likeness (QED) is 0.644. The molecule has 0 saturated heterocycles. The molecule has 106 valence electrons. The zero-order chi connectivity index (χ0) is 13.8. The number of nitro groups is 1. The number of hydrogen-bond donors (Lipinski definition) is 1. The summed E-state index contributed by atoms with van der Waals surface area (Å²) in [7, 11) is 1.64. The zero-order valence-electron chi connectivity index (χ0n) is 11.1. The number of hydrogen-bond acceptors (Lipinski definition) is 5. The second-order valence-electron chi connectivity index (χ2n) is 5.10. The number of aryl methyl sites for hydroxylation is 1. The Morgan fingerprint density at radius 1 is 1.53 bits per heavy atom. The third-order valence-corrected chi connectivity index (χ3v) is 3.78. The van der Waals surface area contributed by atoms with Crippen LogP contribution in [0.15, 0.2) is 6.20 Å². The van der Waals surface area contributed by atoms with Gasteiger partial charge in [-0.25, -0.2) is 0 Å². The first-order valence-electron chi connectivity index (χ1n) is 6.62. The Hall–Kier alpha value is -1.63. The van der Waals surface area contributed by atoms with E-state index in [4.69, 9.17) is 10.5 Å². The summed E-state index contributed by atoms with van der Waals surface area (Å²) in [6.07, 6.45) is 5.94. The van der Waals surface area contributed by atoms with Crippen LogP contribution in [-0.2, 0) is 7.05 Å². The van der Waals surface area contributed by atoms with Gasteiger partial charge in [0, 0.05) is 7.05 Å². The molecule has 0 bridgehead atoms. The van der Waals surface area contributed by atoms with Crippen molar-refractivity contribution in [2.45, 2.75) is 25.7 Å². The highest BCUT2D eigenvalue weighted by atomic mass is 16.6. The summed E-state index contributed by atoms with van der Waals surface area (Å²) < 4.78 is 6.96. The average Bonchev–Trinajstić information content (AvgIpc) is 2.78. The number of nitrogens with two attached hydrogens (primary N) is 1. The van der Waals surface area contributed by atoms with Crippen LogP contribution >= 0.6 is 0 Å². The summed E-state index contributed by atoms with van der Waals surface area (Å²) in [6.45, 7) is 1.11. The van der Waals surface area contributed by atoms with Crippen LogP contribution < -0.4 is 10.5 Å². The van der Waals surface area contributed by atoms with Crippen LogP contribution in [0.4, 0.5) is 5.69 Å². The van der Waals surface area contributed by atoms with Crippen molar-refractivity contribution in [3.63, 3.8) is 0 Å². The van der Waals surface area contributed by atoms with Gasteiger partial charge >= 0.3 is 11.6 Å². The van der Waals surface area contributed by atoms with E-state index in [1.54, 1.807) is 7.05 Å². The molecule has 0 amide bonds. The smallest absolute Gasteiger partial charge is 0.350 e. The van der Waals surface area contributed by atoms with Crippen molar-refractivity contribution in [2.24, 2.45) is 24.6 Å². The second-order valence-corrected chi connectivity index (χ2v) is 5.10. The van der Waals surface area contributed by atoms with Gasteiger partial charge in [-0.3, -0.25) is 14.8 Å². The van der Waals surface area contributed by atoms with Crippen LogP contribution in [0.1, 0.15) is 25.7 Å². The predicted octanol–water partition coefficient (Wildman–Crippen LogP) is 1.47. The van der Waals surface area contributed by atoms with Crippen molar-refractivity contribution < 1.29 is 9.66 Å². The fourth-order valence-corrected chi connectivity index (χ4v) is 2.68. The first-order valence-corrected chi connectivity index (χ1v) is 6.62. The molecule has 1 aromatic rings. The van der Waals surface area contributed by atoms with Crippen molar-refractivity contribution in [3.05, 3.63) is 16.3 Å². The predicted molar refractivity (Wildman–Crippen MR) is 69.9 cm³/mol. The Morgan fingerprint density at radius 3 is 2.84 bits per heavy atom. The summed E-state index contributed by atoms with van der Waals surface area (Å²) >= 11 is 0. The summed E-state index contributed by atoms with van der Waals surface area (Å²) in [5, 5.41) is 14.8. The van der Waals surface area contributed by atoms with E-state index in [9.17, 15) is 10.1 Å². The van der Waals surface area contributed by atoms with Crippen LogP contribution in [0.3, 0.4) is 0 Å². The summed E-state index contributed by atoms with van der Waals surface area (Å²) in [4.78, 5) is 10.4. The van der Waals surface area contributed by atoms with Crippen molar-refractivity contribution in [1.82, 2.24) is 9.78 Å². The lowest BCUT2D eigenvalue weighted by Gasteiger charge is -2.29. The molecule has 2 atom stereocenters. The van der Waals surface area contributed by atoms with E-state index >= 15 is 0 Å². The normalized spacial score (nSPS) is 23.3. The first-order chi connectivity index (χ1) is 9.11. The molecule has 1 aromatic heterocycles. The van der Waals surface area contributed by atoms with Crippen LogP contribution in [0, 0.1) is 22.0 Å². The van der Waals surface area contributed by atoms with Gasteiger partial charge in [0.1, 0.15) is 6.20 Å². The lowest BCUT2D eigenvalue weighted by Crippen LogP contribution is -2.30. The molecular formula is C12H20N4O3. The van der Waals surface area contributed by atoms with Gasteiger partial charge in [-0.1, -0.05) is 12.8 Å². The molecule has 2 unspecified atom stereocenters. The molecule has 0 aliphatic heterocycles. The third kappa shape index (κ3) is 3.23. The Kier molecular flexibility index (Phi) is 4.36. The van der Waals surface area contributed by atoms with E-state index < -0.39 is 4.92 Å². The van der Waals surface area contributed by atoms with Crippen molar-refractivity contribution in [2.75, 3.05) is 13.2 Å². The van der Waals surface area contributed by atoms with Gasteiger partial charge in [0.25, 0.3) is 0 Å². The van der Waals surface area contributed by atoms with Gasteiger partial charge in [0.15, 0.2) is 0 Å². The highest BCUT2D eigenvalue weighted by molar-refractivity contribution is 5.38. The first kappa shape index (κ1) is 13.8. The van der Waals surface area contributed by atoms with E-state index in [-0.39, 0.29) is 11.6 Å². The van der Waals surface area contributed by atoms with E-state index in [0.717, 1.165) is 12.8 Å². The fourth-order valence-electron chi connectivity index (χ4n) is 2.68. The highest BCUT2D eigenvalue weighted by Crippen LogP contribution is 2.31. The molecule has 0 radical (unpaired) electrons. The summed E-state index contributed by atoms with van der Waals surface area (Å²) in [5.41, 5.74) is 5.68. The number of aromatic nitrogens is 2. The Bertz CT molecular complexity index is 446. The standard InChI is InChI=1S/C12H20N4O3/c1-15-7-11(16(17)18)12(14-15)19-8-10-5-3-2-4-9(10)6-13/h7,9-10H,2-6,8,13H2,1H3. The molecule has 0 aromatic carbocycles. The molecule has 0 spiro atoms. The topological polar surface area (TPSA) is 96.2 Å².